The average molecular weight is 224 g/mol. The van der Waals surface area contributed by atoms with Crippen LogP contribution in [0.1, 0.15) is 20.8 Å². The minimum absolute atomic E-state index is 0.261. The lowest BCUT2D eigenvalue weighted by Crippen LogP contribution is -2.54. The summed E-state index contributed by atoms with van der Waals surface area (Å²) in [4.78, 5) is 10.5. The summed E-state index contributed by atoms with van der Waals surface area (Å²) in [6.07, 6.45) is -1.95. The molecule has 0 aromatic rings. The van der Waals surface area contributed by atoms with E-state index in [0.717, 1.165) is 6.92 Å². The molecule has 0 aliphatic heterocycles. The molecule has 2 unspecified atom stereocenters. The highest BCUT2D eigenvalue weighted by Gasteiger charge is 2.42. The van der Waals surface area contributed by atoms with Gasteiger partial charge in [0, 0.05) is 13.0 Å². The first-order chi connectivity index (χ1) is 6.68. The second-order valence-corrected chi connectivity index (χ2v) is 3.94. The maximum absolute atomic E-state index is 13.2. The lowest BCUT2D eigenvalue weighted by molar-refractivity contribution is -0.132. The van der Waals surface area contributed by atoms with E-state index in [-0.39, 0.29) is 5.92 Å². The molecule has 90 valence electrons. The number of halogens is 2. The third kappa shape index (κ3) is 4.53. The zero-order valence-electron chi connectivity index (χ0n) is 9.13. The number of rotatable bonds is 5. The predicted octanol–water partition coefficient (Wildman–Crippen LogP) is 0.102. The van der Waals surface area contributed by atoms with Gasteiger partial charge in [0.05, 0.1) is 6.54 Å². The van der Waals surface area contributed by atoms with Crippen LogP contribution in [0.5, 0.6) is 0 Å². The van der Waals surface area contributed by atoms with Crippen LogP contribution in [0.2, 0.25) is 0 Å². The third-order valence-corrected chi connectivity index (χ3v) is 2.14. The highest BCUT2D eigenvalue weighted by atomic mass is 19.3. The van der Waals surface area contributed by atoms with Gasteiger partial charge in [0.1, 0.15) is 6.10 Å². The molecule has 0 aromatic heterocycles. The average Bonchev–Trinajstić information content (AvgIpc) is 2.12. The molecule has 0 bridgehead atoms. The van der Waals surface area contributed by atoms with Crippen molar-refractivity contribution in [2.75, 3.05) is 6.54 Å². The Morgan fingerprint density at radius 2 is 2.00 bits per heavy atom. The predicted molar refractivity (Wildman–Crippen MR) is 52.5 cm³/mol. The minimum Gasteiger partial charge on any atom is -0.385 e. The molecule has 0 radical (unpaired) electrons. The summed E-state index contributed by atoms with van der Waals surface area (Å²) in [5.74, 6) is -4.24. The number of amides is 1. The number of nitrogens with one attached hydrogen (secondary N) is 1. The maximum Gasteiger partial charge on any atom is 0.291 e. The van der Waals surface area contributed by atoms with E-state index in [1.54, 1.807) is 13.8 Å². The number of aliphatic hydroxyl groups excluding tert-OH is 1. The molecule has 0 aliphatic rings. The van der Waals surface area contributed by atoms with E-state index in [4.69, 9.17) is 5.73 Å². The highest BCUT2D eigenvalue weighted by molar-refractivity contribution is 5.72. The van der Waals surface area contributed by atoms with Crippen LogP contribution in [0.3, 0.4) is 0 Å². The highest BCUT2D eigenvalue weighted by Crippen LogP contribution is 2.22. The van der Waals surface area contributed by atoms with Crippen LogP contribution in [0.4, 0.5) is 8.78 Å². The number of carbonyl (C=O) groups excluding carboxylic acids is 1. The van der Waals surface area contributed by atoms with Crippen LogP contribution in [-0.4, -0.2) is 35.6 Å². The Morgan fingerprint density at radius 3 is 2.33 bits per heavy atom. The van der Waals surface area contributed by atoms with Crippen LogP contribution < -0.4 is 11.1 Å². The Bertz CT molecular complexity index is 222. The van der Waals surface area contributed by atoms with Crippen LogP contribution in [0, 0.1) is 5.92 Å². The van der Waals surface area contributed by atoms with Crippen molar-refractivity contribution >= 4 is 5.91 Å². The summed E-state index contributed by atoms with van der Waals surface area (Å²) in [7, 11) is 0. The van der Waals surface area contributed by atoms with Crippen molar-refractivity contribution in [2.45, 2.75) is 38.8 Å². The molecule has 0 heterocycles. The normalized spacial score (nSPS) is 16.3. The van der Waals surface area contributed by atoms with E-state index in [9.17, 15) is 18.7 Å². The van der Waals surface area contributed by atoms with Gasteiger partial charge in [0.25, 0.3) is 5.92 Å². The standard InChI is InChI=1S/C9H18F2N2O2/c1-5(2)7(12)8(15)9(10,11)4-13-6(3)14/h5,7-8,15H,4,12H2,1-3H3,(H,13,14). The molecule has 0 aromatic carbocycles. The lowest BCUT2D eigenvalue weighted by atomic mass is 9.95. The monoisotopic (exact) mass is 224 g/mol. The van der Waals surface area contributed by atoms with Crippen molar-refractivity contribution in [2.24, 2.45) is 11.7 Å². The van der Waals surface area contributed by atoms with Crippen molar-refractivity contribution < 1.29 is 18.7 Å². The Morgan fingerprint density at radius 1 is 1.53 bits per heavy atom. The van der Waals surface area contributed by atoms with Crippen molar-refractivity contribution in [3.8, 4) is 0 Å². The fourth-order valence-electron chi connectivity index (χ4n) is 0.993. The van der Waals surface area contributed by atoms with Crippen LogP contribution in [0.15, 0.2) is 0 Å². The van der Waals surface area contributed by atoms with E-state index in [2.05, 4.69) is 0 Å². The Balaban J connectivity index is 4.36. The summed E-state index contributed by atoms with van der Waals surface area (Å²) in [5, 5.41) is 11.3. The Labute approximate surface area is 87.8 Å². The summed E-state index contributed by atoms with van der Waals surface area (Å²) in [6.45, 7) is 3.51. The molecule has 4 nitrogen and oxygen atoms in total. The smallest absolute Gasteiger partial charge is 0.291 e. The Kier molecular flexibility index (Phi) is 5.10. The number of aliphatic hydroxyl groups is 1. The van der Waals surface area contributed by atoms with Gasteiger partial charge in [-0.25, -0.2) is 8.78 Å². The van der Waals surface area contributed by atoms with Gasteiger partial charge in [-0.2, -0.15) is 0 Å². The van der Waals surface area contributed by atoms with Gasteiger partial charge in [0.15, 0.2) is 0 Å². The summed E-state index contributed by atoms with van der Waals surface area (Å²) in [5.41, 5.74) is 5.41. The van der Waals surface area contributed by atoms with Gasteiger partial charge in [-0.05, 0) is 5.92 Å². The van der Waals surface area contributed by atoms with Crippen molar-refractivity contribution in [1.29, 1.82) is 0 Å². The molecular formula is C9H18F2N2O2. The molecule has 0 saturated carbocycles. The molecule has 0 fully saturated rings. The first kappa shape index (κ1) is 14.2. The molecule has 0 rings (SSSR count). The van der Waals surface area contributed by atoms with Gasteiger partial charge in [-0.1, -0.05) is 13.8 Å². The molecule has 1 amide bonds. The number of carbonyl (C=O) groups is 1. The fourth-order valence-corrected chi connectivity index (χ4v) is 0.993. The number of hydrogen-bond donors (Lipinski definition) is 3. The van der Waals surface area contributed by atoms with Crippen molar-refractivity contribution in [1.82, 2.24) is 5.32 Å². The van der Waals surface area contributed by atoms with Crippen molar-refractivity contribution in [3.05, 3.63) is 0 Å². The molecule has 0 saturated heterocycles. The molecule has 15 heavy (non-hydrogen) atoms. The molecule has 6 heteroatoms. The minimum atomic E-state index is -3.41. The molecule has 0 aliphatic carbocycles. The molecule has 2 atom stereocenters. The Hall–Kier alpha value is -0.750. The van der Waals surface area contributed by atoms with Gasteiger partial charge in [-0.15, -0.1) is 0 Å². The third-order valence-electron chi connectivity index (χ3n) is 2.14. The van der Waals surface area contributed by atoms with Gasteiger partial charge in [-0.3, -0.25) is 4.79 Å². The second kappa shape index (κ2) is 5.37. The summed E-state index contributed by atoms with van der Waals surface area (Å²) in [6, 6.07) is -1.02. The van der Waals surface area contributed by atoms with E-state index in [0.29, 0.717) is 0 Å². The number of alkyl halides is 2. The molecule has 0 spiro atoms. The van der Waals surface area contributed by atoms with Gasteiger partial charge in [0.2, 0.25) is 5.91 Å². The van der Waals surface area contributed by atoms with Gasteiger partial charge < -0.3 is 16.2 Å². The second-order valence-electron chi connectivity index (χ2n) is 3.94. The van der Waals surface area contributed by atoms with Crippen LogP contribution in [-0.2, 0) is 4.79 Å². The zero-order valence-corrected chi connectivity index (χ0v) is 9.13. The zero-order chi connectivity index (χ0) is 12.2. The van der Waals surface area contributed by atoms with Gasteiger partial charge >= 0.3 is 0 Å². The summed E-state index contributed by atoms with van der Waals surface area (Å²) >= 11 is 0. The first-order valence-electron chi connectivity index (χ1n) is 4.74. The lowest BCUT2D eigenvalue weighted by Gasteiger charge is -2.29. The number of hydrogen-bond acceptors (Lipinski definition) is 3. The topological polar surface area (TPSA) is 75.3 Å². The molecular weight excluding hydrogens is 206 g/mol. The van der Waals surface area contributed by atoms with Crippen LogP contribution in [0.25, 0.3) is 0 Å². The largest absolute Gasteiger partial charge is 0.385 e. The summed E-state index contributed by atoms with van der Waals surface area (Å²) < 4.78 is 26.5. The van der Waals surface area contributed by atoms with E-state index in [1.807, 2.05) is 5.32 Å². The molecule has 4 N–H and O–H groups in total. The number of nitrogens with two attached hydrogens (primary N) is 1. The fraction of sp³-hybridized carbons (Fsp3) is 0.889. The first-order valence-corrected chi connectivity index (χ1v) is 4.74. The van der Waals surface area contributed by atoms with Crippen molar-refractivity contribution in [3.63, 3.8) is 0 Å². The van der Waals surface area contributed by atoms with Crippen LogP contribution >= 0.6 is 0 Å². The van der Waals surface area contributed by atoms with E-state index >= 15 is 0 Å². The van der Waals surface area contributed by atoms with E-state index in [1.165, 1.54) is 0 Å². The van der Waals surface area contributed by atoms with E-state index < -0.39 is 30.5 Å². The SMILES string of the molecule is CC(=O)NCC(F)(F)C(O)C(N)C(C)C. The maximum atomic E-state index is 13.2. The quantitative estimate of drug-likeness (QED) is 0.620.